The van der Waals surface area contributed by atoms with Gasteiger partial charge in [0.15, 0.2) is 5.82 Å². The number of hydrogen-bond acceptors (Lipinski definition) is 2. The molecule has 1 aromatic heterocycles. The van der Waals surface area contributed by atoms with Crippen LogP contribution in [0.2, 0.25) is 10.2 Å². The summed E-state index contributed by atoms with van der Waals surface area (Å²) >= 11 is 12.4. The van der Waals surface area contributed by atoms with E-state index in [1.807, 2.05) is 13.0 Å². The molecule has 2 nitrogen and oxygen atoms in total. The Morgan fingerprint density at radius 2 is 1.71 bits per heavy atom. The fraction of sp³-hybridized carbons (Fsp3) is 0.125. The summed E-state index contributed by atoms with van der Waals surface area (Å²) in [5.41, 5.74) is 2.31. The number of aryl methyl sites for hydroxylation is 2. The van der Waals surface area contributed by atoms with Crippen molar-refractivity contribution < 1.29 is 4.39 Å². The maximum Gasteiger partial charge on any atom is 0.164 e. The lowest BCUT2D eigenvalue weighted by molar-refractivity contribution is 0.621. The van der Waals surface area contributed by atoms with Gasteiger partial charge in [0.05, 0.1) is 16.1 Å². The molecule has 0 unspecified atom stereocenters. The summed E-state index contributed by atoms with van der Waals surface area (Å²) in [4.78, 5) is 8.63. The second-order valence-electron chi connectivity index (χ2n) is 4.86. The lowest BCUT2D eigenvalue weighted by atomic mass is 10.1. The lowest BCUT2D eigenvalue weighted by Gasteiger charge is -2.09. The Hall–Kier alpha value is -1.71. The molecular weight excluding hydrogens is 310 g/mol. The van der Waals surface area contributed by atoms with E-state index in [1.165, 1.54) is 0 Å². The Labute approximate surface area is 131 Å². The standard InChI is InChI=1S/C16H11Cl2FN2/c1-8-6-7-11(17)14-12(8)15(18)21-16(20-14)10-5-3-4-9(2)13(10)19/h3-7H,1-2H3. The molecular formula is C16H11Cl2FN2. The Kier molecular flexibility index (Phi) is 3.56. The number of halogens is 3. The molecule has 0 aliphatic carbocycles. The lowest BCUT2D eigenvalue weighted by Crippen LogP contribution is -1.97. The predicted molar refractivity (Wildman–Crippen MR) is 84.4 cm³/mol. The predicted octanol–water partition coefficient (Wildman–Crippen LogP) is 5.36. The number of rotatable bonds is 1. The molecule has 0 radical (unpaired) electrons. The van der Waals surface area contributed by atoms with Gasteiger partial charge >= 0.3 is 0 Å². The highest BCUT2D eigenvalue weighted by Crippen LogP contribution is 2.32. The average Bonchev–Trinajstić information content (AvgIpc) is 2.45. The van der Waals surface area contributed by atoms with E-state index >= 15 is 0 Å². The Balaban J connectivity index is 2.36. The Morgan fingerprint density at radius 1 is 0.952 bits per heavy atom. The molecule has 0 saturated carbocycles. The van der Waals surface area contributed by atoms with Gasteiger partial charge in [0.1, 0.15) is 11.0 Å². The minimum Gasteiger partial charge on any atom is -0.226 e. The van der Waals surface area contributed by atoms with E-state index < -0.39 is 0 Å². The van der Waals surface area contributed by atoms with Gasteiger partial charge in [0, 0.05) is 5.39 Å². The highest BCUT2D eigenvalue weighted by Gasteiger charge is 2.15. The number of benzene rings is 2. The van der Waals surface area contributed by atoms with Crippen molar-refractivity contribution in [3.05, 3.63) is 57.5 Å². The monoisotopic (exact) mass is 320 g/mol. The van der Waals surface area contributed by atoms with Crippen LogP contribution in [-0.2, 0) is 0 Å². The van der Waals surface area contributed by atoms with Crippen molar-refractivity contribution in [3.63, 3.8) is 0 Å². The van der Waals surface area contributed by atoms with E-state index in [0.29, 0.717) is 27.1 Å². The average molecular weight is 321 g/mol. The van der Waals surface area contributed by atoms with Crippen LogP contribution in [0.25, 0.3) is 22.3 Å². The zero-order chi connectivity index (χ0) is 15.1. The van der Waals surface area contributed by atoms with Gasteiger partial charge in [-0.05, 0) is 37.1 Å². The SMILES string of the molecule is Cc1cccc(-c2nc(Cl)c3c(C)ccc(Cl)c3n2)c1F. The topological polar surface area (TPSA) is 25.8 Å². The third-order valence-corrected chi connectivity index (χ3v) is 3.98. The normalized spacial score (nSPS) is 11.1. The van der Waals surface area contributed by atoms with E-state index in [2.05, 4.69) is 9.97 Å². The van der Waals surface area contributed by atoms with Gasteiger partial charge < -0.3 is 0 Å². The van der Waals surface area contributed by atoms with Crippen molar-refractivity contribution in [2.75, 3.05) is 0 Å². The highest BCUT2D eigenvalue weighted by molar-refractivity contribution is 6.38. The van der Waals surface area contributed by atoms with Crippen LogP contribution in [0.1, 0.15) is 11.1 Å². The van der Waals surface area contributed by atoms with Gasteiger partial charge in [-0.1, -0.05) is 41.4 Å². The molecule has 3 rings (SSSR count). The number of hydrogen-bond donors (Lipinski definition) is 0. The van der Waals surface area contributed by atoms with Gasteiger partial charge in [-0.3, -0.25) is 0 Å². The molecule has 5 heteroatoms. The minimum absolute atomic E-state index is 0.237. The third-order valence-electron chi connectivity index (χ3n) is 3.40. The van der Waals surface area contributed by atoms with Crippen molar-refractivity contribution in [3.8, 4) is 11.4 Å². The maximum absolute atomic E-state index is 14.2. The molecule has 0 fully saturated rings. The fourth-order valence-corrected chi connectivity index (χ4v) is 2.78. The molecule has 0 bridgehead atoms. The molecule has 0 N–H and O–H groups in total. The summed E-state index contributed by atoms with van der Waals surface area (Å²) < 4.78 is 14.2. The van der Waals surface area contributed by atoms with E-state index in [0.717, 1.165) is 5.56 Å². The van der Waals surface area contributed by atoms with Gasteiger partial charge in [-0.2, -0.15) is 0 Å². The Bertz CT molecular complexity index is 863. The second-order valence-corrected chi connectivity index (χ2v) is 5.63. The number of nitrogens with zero attached hydrogens (tertiary/aromatic N) is 2. The molecule has 0 spiro atoms. The van der Waals surface area contributed by atoms with Crippen LogP contribution in [0.5, 0.6) is 0 Å². The van der Waals surface area contributed by atoms with Gasteiger partial charge in [-0.15, -0.1) is 0 Å². The zero-order valence-electron chi connectivity index (χ0n) is 11.4. The van der Waals surface area contributed by atoms with Crippen molar-refractivity contribution in [1.29, 1.82) is 0 Å². The summed E-state index contributed by atoms with van der Waals surface area (Å²) in [6.07, 6.45) is 0. The first-order chi connectivity index (χ1) is 9.99. The molecule has 106 valence electrons. The summed E-state index contributed by atoms with van der Waals surface area (Å²) in [7, 11) is 0. The largest absolute Gasteiger partial charge is 0.226 e. The fourth-order valence-electron chi connectivity index (χ4n) is 2.26. The van der Waals surface area contributed by atoms with Crippen molar-refractivity contribution in [1.82, 2.24) is 9.97 Å². The first-order valence-corrected chi connectivity index (χ1v) is 7.12. The van der Waals surface area contributed by atoms with Crippen LogP contribution >= 0.6 is 23.2 Å². The summed E-state index contributed by atoms with van der Waals surface area (Å²) in [5, 5.41) is 1.44. The highest BCUT2D eigenvalue weighted by atomic mass is 35.5. The van der Waals surface area contributed by atoms with Crippen LogP contribution in [0, 0.1) is 19.7 Å². The van der Waals surface area contributed by atoms with Crippen LogP contribution < -0.4 is 0 Å². The first-order valence-electron chi connectivity index (χ1n) is 6.37. The molecule has 3 aromatic rings. The molecule has 0 aliphatic heterocycles. The van der Waals surface area contributed by atoms with Crippen LogP contribution in [-0.4, -0.2) is 9.97 Å². The molecule has 0 aliphatic rings. The first kappa shape index (κ1) is 14.2. The third kappa shape index (κ3) is 2.37. The second kappa shape index (κ2) is 5.24. The summed E-state index contributed by atoms with van der Waals surface area (Å²) in [6.45, 7) is 3.60. The molecule has 0 saturated heterocycles. The number of aromatic nitrogens is 2. The van der Waals surface area contributed by atoms with E-state index in [1.54, 1.807) is 31.2 Å². The molecule has 0 atom stereocenters. The quantitative estimate of drug-likeness (QED) is 0.564. The van der Waals surface area contributed by atoms with E-state index in [-0.39, 0.29) is 16.8 Å². The molecule has 0 amide bonds. The van der Waals surface area contributed by atoms with Crippen LogP contribution in [0.3, 0.4) is 0 Å². The molecule has 2 aromatic carbocycles. The minimum atomic E-state index is -0.350. The molecule has 1 heterocycles. The van der Waals surface area contributed by atoms with Crippen molar-refractivity contribution in [2.24, 2.45) is 0 Å². The van der Waals surface area contributed by atoms with Crippen LogP contribution in [0.4, 0.5) is 4.39 Å². The van der Waals surface area contributed by atoms with Crippen LogP contribution in [0.15, 0.2) is 30.3 Å². The van der Waals surface area contributed by atoms with E-state index in [9.17, 15) is 4.39 Å². The summed E-state index contributed by atoms with van der Waals surface area (Å²) in [5.74, 6) is -0.113. The molecule has 21 heavy (non-hydrogen) atoms. The van der Waals surface area contributed by atoms with Crippen molar-refractivity contribution >= 4 is 34.1 Å². The number of fused-ring (bicyclic) bond motifs is 1. The maximum atomic E-state index is 14.2. The summed E-state index contributed by atoms with van der Waals surface area (Å²) in [6, 6.07) is 8.68. The Morgan fingerprint density at radius 3 is 2.48 bits per heavy atom. The van der Waals surface area contributed by atoms with Gasteiger partial charge in [0.25, 0.3) is 0 Å². The van der Waals surface area contributed by atoms with Gasteiger partial charge in [-0.25, -0.2) is 14.4 Å². The smallest absolute Gasteiger partial charge is 0.164 e. The zero-order valence-corrected chi connectivity index (χ0v) is 12.9. The van der Waals surface area contributed by atoms with Gasteiger partial charge in [0.2, 0.25) is 0 Å². The van der Waals surface area contributed by atoms with E-state index in [4.69, 9.17) is 23.2 Å². The van der Waals surface area contributed by atoms with Crippen molar-refractivity contribution in [2.45, 2.75) is 13.8 Å².